The highest BCUT2D eigenvalue weighted by atomic mass is 19.1. The molecule has 2 N–H and O–H groups in total. The minimum absolute atomic E-state index is 0.0818. The van der Waals surface area contributed by atoms with Gasteiger partial charge >= 0.3 is 0 Å². The summed E-state index contributed by atoms with van der Waals surface area (Å²) in [4.78, 5) is 45.1. The van der Waals surface area contributed by atoms with E-state index in [1.165, 1.54) is 18.2 Å². The van der Waals surface area contributed by atoms with Crippen LogP contribution in [0.15, 0.2) is 72.8 Å². The number of benzene rings is 3. The van der Waals surface area contributed by atoms with E-state index in [0.29, 0.717) is 56.9 Å². The second-order valence-electron chi connectivity index (χ2n) is 10.1. The van der Waals surface area contributed by atoms with E-state index >= 15 is 0 Å². The first kappa shape index (κ1) is 27.3. The molecule has 2 fully saturated rings. The van der Waals surface area contributed by atoms with Crippen molar-refractivity contribution in [1.29, 1.82) is 0 Å². The third-order valence-corrected chi connectivity index (χ3v) is 7.38. The number of nitrogens with zero attached hydrogens (tertiary/aromatic N) is 3. The first-order valence-corrected chi connectivity index (χ1v) is 13.8. The monoisotopic (exact) mass is 543 g/mol. The van der Waals surface area contributed by atoms with Crippen LogP contribution >= 0.6 is 0 Å². The summed E-state index contributed by atoms with van der Waals surface area (Å²) in [5.74, 6) is -0.963. The van der Waals surface area contributed by atoms with Gasteiger partial charge in [0.2, 0.25) is 5.91 Å². The molecule has 0 saturated carbocycles. The first-order chi connectivity index (χ1) is 19.5. The fourth-order valence-corrected chi connectivity index (χ4v) is 5.18. The molecule has 0 bridgehead atoms. The lowest BCUT2D eigenvalue weighted by Crippen LogP contribution is -2.49. The van der Waals surface area contributed by atoms with Crippen molar-refractivity contribution in [3.05, 3.63) is 95.3 Å². The number of nitrogens with one attached hydrogen (secondary N) is 2. The Bertz CT molecular complexity index is 1350. The number of hydrogen-bond acceptors (Lipinski definition) is 5. The maximum Gasteiger partial charge on any atom is 0.255 e. The van der Waals surface area contributed by atoms with Gasteiger partial charge in [-0.05, 0) is 54.9 Å². The average molecular weight is 544 g/mol. The van der Waals surface area contributed by atoms with E-state index in [1.807, 2.05) is 46.2 Å². The van der Waals surface area contributed by atoms with Gasteiger partial charge in [0.05, 0.1) is 17.8 Å². The number of amides is 3. The Morgan fingerprint density at radius 3 is 2.35 bits per heavy atom. The van der Waals surface area contributed by atoms with Gasteiger partial charge < -0.3 is 25.3 Å². The average Bonchev–Trinajstić information content (AvgIpc) is 3.27. The molecule has 0 radical (unpaired) electrons. The molecule has 40 heavy (non-hydrogen) atoms. The Labute approximate surface area is 233 Å². The lowest BCUT2D eigenvalue weighted by molar-refractivity contribution is -0.130. The Hall–Kier alpha value is -4.24. The molecule has 8 nitrogen and oxygen atoms in total. The smallest absolute Gasteiger partial charge is 0.255 e. The largest absolute Gasteiger partial charge is 0.366 e. The van der Waals surface area contributed by atoms with Gasteiger partial charge in [-0.2, -0.15) is 0 Å². The second-order valence-corrected chi connectivity index (χ2v) is 10.1. The molecule has 208 valence electrons. The van der Waals surface area contributed by atoms with Crippen molar-refractivity contribution in [2.75, 3.05) is 62.6 Å². The van der Waals surface area contributed by atoms with Crippen LogP contribution in [0.1, 0.15) is 32.7 Å². The molecule has 9 heteroatoms. The molecule has 0 aliphatic carbocycles. The summed E-state index contributed by atoms with van der Waals surface area (Å²) < 4.78 is 13.8. The minimum atomic E-state index is -0.497. The van der Waals surface area contributed by atoms with Gasteiger partial charge in [-0.3, -0.25) is 14.4 Å². The van der Waals surface area contributed by atoms with Crippen molar-refractivity contribution in [2.45, 2.75) is 12.8 Å². The summed E-state index contributed by atoms with van der Waals surface area (Å²) in [6, 6.07) is 20.6. The Morgan fingerprint density at radius 1 is 0.775 bits per heavy atom. The summed E-state index contributed by atoms with van der Waals surface area (Å²) >= 11 is 0. The van der Waals surface area contributed by atoms with Crippen LogP contribution in [0, 0.1) is 5.82 Å². The van der Waals surface area contributed by atoms with Crippen LogP contribution in [0.4, 0.5) is 15.8 Å². The first-order valence-electron chi connectivity index (χ1n) is 13.8. The molecule has 0 spiro atoms. The van der Waals surface area contributed by atoms with E-state index in [1.54, 1.807) is 18.2 Å². The predicted molar refractivity (Wildman–Crippen MR) is 153 cm³/mol. The molecular weight excluding hydrogens is 509 g/mol. The maximum atomic E-state index is 13.8. The van der Waals surface area contributed by atoms with Gasteiger partial charge in [0.15, 0.2) is 0 Å². The lowest BCUT2D eigenvalue weighted by Gasteiger charge is -2.37. The van der Waals surface area contributed by atoms with Crippen LogP contribution in [0.3, 0.4) is 0 Å². The summed E-state index contributed by atoms with van der Waals surface area (Å²) in [5.41, 5.74) is 2.90. The number of piperazine rings is 1. The van der Waals surface area contributed by atoms with Crippen LogP contribution in [-0.2, 0) is 11.2 Å². The highest BCUT2D eigenvalue weighted by Gasteiger charge is 2.25. The number of carbonyl (C=O) groups excluding carboxylic acids is 3. The van der Waals surface area contributed by atoms with Gasteiger partial charge in [0.25, 0.3) is 11.8 Å². The number of anilines is 2. The second kappa shape index (κ2) is 12.7. The maximum absolute atomic E-state index is 13.8. The highest BCUT2D eigenvalue weighted by molar-refractivity contribution is 6.07. The number of rotatable bonds is 6. The summed E-state index contributed by atoms with van der Waals surface area (Å²) in [7, 11) is 0. The van der Waals surface area contributed by atoms with Crippen LogP contribution in [0.25, 0.3) is 0 Å². The predicted octanol–water partition coefficient (Wildman–Crippen LogP) is 3.40. The van der Waals surface area contributed by atoms with Crippen molar-refractivity contribution in [2.24, 2.45) is 0 Å². The Morgan fingerprint density at radius 2 is 1.57 bits per heavy atom. The molecule has 0 unspecified atom stereocenters. The molecule has 2 aliphatic rings. The lowest BCUT2D eigenvalue weighted by atomic mass is 10.1. The van der Waals surface area contributed by atoms with E-state index in [0.717, 1.165) is 30.8 Å². The topological polar surface area (TPSA) is 85.0 Å². The van der Waals surface area contributed by atoms with Crippen LogP contribution in [-0.4, -0.2) is 79.9 Å². The van der Waals surface area contributed by atoms with Crippen molar-refractivity contribution < 1.29 is 18.8 Å². The zero-order valence-corrected chi connectivity index (χ0v) is 22.4. The van der Waals surface area contributed by atoms with Crippen molar-refractivity contribution in [3.8, 4) is 0 Å². The van der Waals surface area contributed by atoms with E-state index in [2.05, 4.69) is 15.5 Å². The molecule has 3 aromatic rings. The molecule has 2 heterocycles. The van der Waals surface area contributed by atoms with E-state index in [-0.39, 0.29) is 17.4 Å². The van der Waals surface area contributed by atoms with Gasteiger partial charge in [-0.15, -0.1) is 0 Å². The number of halogens is 1. The molecule has 0 atom stereocenters. The molecule has 3 aromatic carbocycles. The van der Waals surface area contributed by atoms with Gasteiger partial charge in [0.1, 0.15) is 5.82 Å². The number of carbonyl (C=O) groups is 3. The molecule has 2 saturated heterocycles. The molecular formula is C31H34FN5O3. The summed E-state index contributed by atoms with van der Waals surface area (Å²) in [5, 5.41) is 6.22. The van der Waals surface area contributed by atoms with Gasteiger partial charge in [-0.1, -0.05) is 36.4 Å². The fourth-order valence-electron chi connectivity index (χ4n) is 5.18. The van der Waals surface area contributed by atoms with Gasteiger partial charge in [-0.25, -0.2) is 4.39 Å². The quantitative estimate of drug-likeness (QED) is 0.498. The standard InChI is InChI=1S/C31H34FN5O3/c32-26-9-4-8-24(21-26)30(39)34-27-22-25(31(40)37-14-5-12-33-13-15-37)10-11-28(27)35-16-18-36(19-17-35)29(38)20-23-6-2-1-3-7-23/h1-4,6-11,21-22,33H,5,12-20H2,(H,34,39). The van der Waals surface area contributed by atoms with Crippen LogP contribution < -0.4 is 15.5 Å². The Kier molecular flexibility index (Phi) is 8.71. The van der Waals surface area contributed by atoms with Crippen molar-refractivity contribution >= 4 is 29.1 Å². The molecule has 3 amide bonds. The SMILES string of the molecule is O=C(Nc1cc(C(=O)N2CCCNCC2)ccc1N1CCN(C(=O)Cc2ccccc2)CC1)c1cccc(F)c1. The molecule has 2 aliphatic heterocycles. The Balaban J connectivity index is 1.34. The zero-order valence-electron chi connectivity index (χ0n) is 22.4. The zero-order chi connectivity index (χ0) is 27.9. The molecule has 0 aromatic heterocycles. The summed E-state index contributed by atoms with van der Waals surface area (Å²) in [6.07, 6.45) is 1.23. The van der Waals surface area contributed by atoms with Crippen LogP contribution in [0.2, 0.25) is 0 Å². The highest BCUT2D eigenvalue weighted by Crippen LogP contribution is 2.30. The van der Waals surface area contributed by atoms with Crippen molar-refractivity contribution in [1.82, 2.24) is 15.1 Å². The van der Waals surface area contributed by atoms with E-state index < -0.39 is 11.7 Å². The number of hydrogen-bond donors (Lipinski definition) is 2. The third-order valence-electron chi connectivity index (χ3n) is 7.38. The summed E-state index contributed by atoms with van der Waals surface area (Å²) in [6.45, 7) is 5.14. The minimum Gasteiger partial charge on any atom is -0.366 e. The van der Waals surface area contributed by atoms with Crippen molar-refractivity contribution in [3.63, 3.8) is 0 Å². The van der Waals surface area contributed by atoms with Crippen LogP contribution in [0.5, 0.6) is 0 Å². The van der Waals surface area contributed by atoms with E-state index in [4.69, 9.17) is 0 Å². The normalized spacial score (nSPS) is 15.9. The third kappa shape index (κ3) is 6.66. The fraction of sp³-hybridized carbons (Fsp3) is 0.323. The van der Waals surface area contributed by atoms with E-state index in [9.17, 15) is 18.8 Å². The molecule has 5 rings (SSSR count). The van der Waals surface area contributed by atoms with Gasteiger partial charge in [0, 0.05) is 56.9 Å².